The minimum atomic E-state index is -3.60. The molecule has 0 unspecified atom stereocenters. The SMILES string of the molecule is NC(CS(=O)(=O)c1ccccc1)=Nc1ccsc1C(=O)O. The van der Waals surface area contributed by atoms with Crippen LogP contribution in [0.1, 0.15) is 9.67 Å². The fourth-order valence-corrected chi connectivity index (χ4v) is 3.50. The Balaban J connectivity index is 2.25. The van der Waals surface area contributed by atoms with Gasteiger partial charge in [-0.15, -0.1) is 11.3 Å². The van der Waals surface area contributed by atoms with Gasteiger partial charge in [-0.3, -0.25) is 0 Å². The molecule has 0 radical (unpaired) electrons. The van der Waals surface area contributed by atoms with Crippen molar-refractivity contribution in [1.29, 1.82) is 0 Å². The van der Waals surface area contributed by atoms with Crippen molar-refractivity contribution >= 4 is 38.7 Å². The van der Waals surface area contributed by atoms with Crippen LogP contribution >= 0.6 is 11.3 Å². The van der Waals surface area contributed by atoms with Gasteiger partial charge in [0.05, 0.1) is 10.6 Å². The summed E-state index contributed by atoms with van der Waals surface area (Å²) in [6.45, 7) is 0. The van der Waals surface area contributed by atoms with Crippen LogP contribution in [0.25, 0.3) is 0 Å². The first-order chi connectivity index (χ1) is 9.90. The zero-order chi connectivity index (χ0) is 15.5. The van der Waals surface area contributed by atoms with Crippen LogP contribution in [0.3, 0.4) is 0 Å². The number of carbonyl (C=O) groups is 1. The molecular weight excluding hydrogens is 312 g/mol. The Hall–Kier alpha value is -2.19. The van der Waals surface area contributed by atoms with E-state index in [-0.39, 0.29) is 21.3 Å². The van der Waals surface area contributed by atoms with Crippen molar-refractivity contribution in [3.63, 3.8) is 0 Å². The molecule has 0 amide bonds. The standard InChI is InChI=1S/C13H12N2O4S2/c14-11(15-10-6-7-20-12(10)13(16)17)8-21(18,19)9-4-2-1-3-5-9/h1-7H,8H2,(H2,14,15)(H,16,17). The number of nitrogens with zero attached hydrogens (tertiary/aromatic N) is 1. The van der Waals surface area contributed by atoms with Gasteiger partial charge in [0.15, 0.2) is 9.84 Å². The van der Waals surface area contributed by atoms with E-state index in [1.54, 1.807) is 23.6 Å². The van der Waals surface area contributed by atoms with Crippen molar-refractivity contribution in [1.82, 2.24) is 0 Å². The molecule has 21 heavy (non-hydrogen) atoms. The molecule has 0 saturated carbocycles. The predicted molar refractivity (Wildman–Crippen MR) is 81.1 cm³/mol. The number of aliphatic imine (C=N–C) groups is 1. The summed E-state index contributed by atoms with van der Waals surface area (Å²) in [5, 5.41) is 10.5. The van der Waals surface area contributed by atoms with Crippen LogP contribution in [0, 0.1) is 0 Å². The second kappa shape index (κ2) is 6.06. The zero-order valence-electron chi connectivity index (χ0n) is 10.8. The van der Waals surface area contributed by atoms with Crippen LogP contribution in [0.4, 0.5) is 5.69 Å². The van der Waals surface area contributed by atoms with Gasteiger partial charge in [-0.05, 0) is 23.6 Å². The average molecular weight is 324 g/mol. The highest BCUT2D eigenvalue weighted by Gasteiger charge is 2.17. The smallest absolute Gasteiger partial charge is 0.348 e. The second-order valence-corrected chi connectivity index (χ2v) is 7.02. The largest absolute Gasteiger partial charge is 0.477 e. The van der Waals surface area contributed by atoms with E-state index in [0.717, 1.165) is 11.3 Å². The molecule has 2 aromatic rings. The lowest BCUT2D eigenvalue weighted by Gasteiger charge is -2.04. The Labute approximate surface area is 125 Å². The monoisotopic (exact) mass is 324 g/mol. The summed E-state index contributed by atoms with van der Waals surface area (Å²) in [6, 6.07) is 9.35. The van der Waals surface area contributed by atoms with E-state index in [2.05, 4.69) is 4.99 Å². The summed E-state index contributed by atoms with van der Waals surface area (Å²) >= 11 is 1.00. The first-order valence-corrected chi connectivity index (χ1v) is 8.35. The Bertz CT molecular complexity index is 780. The molecule has 0 atom stereocenters. The maximum atomic E-state index is 12.1. The lowest BCUT2D eigenvalue weighted by Crippen LogP contribution is -2.23. The Kier molecular flexibility index (Phi) is 4.39. The normalized spacial score (nSPS) is 12.3. The number of benzene rings is 1. The molecular formula is C13H12N2O4S2. The van der Waals surface area contributed by atoms with Crippen LogP contribution < -0.4 is 5.73 Å². The third kappa shape index (κ3) is 3.67. The fourth-order valence-electron chi connectivity index (χ4n) is 1.64. The minimum absolute atomic E-state index is 0.0232. The third-order valence-electron chi connectivity index (χ3n) is 2.54. The molecule has 0 saturated heterocycles. The fraction of sp³-hybridized carbons (Fsp3) is 0.0769. The molecule has 0 fully saturated rings. The van der Waals surface area contributed by atoms with Crippen LogP contribution in [0.2, 0.25) is 0 Å². The van der Waals surface area contributed by atoms with Gasteiger partial charge in [-0.1, -0.05) is 18.2 Å². The second-order valence-electron chi connectivity index (χ2n) is 4.12. The van der Waals surface area contributed by atoms with Gasteiger partial charge in [0, 0.05) is 0 Å². The first-order valence-electron chi connectivity index (χ1n) is 5.82. The van der Waals surface area contributed by atoms with Crippen molar-refractivity contribution in [3.8, 4) is 0 Å². The van der Waals surface area contributed by atoms with Crippen molar-refractivity contribution in [2.75, 3.05) is 5.75 Å². The number of aromatic carboxylic acids is 1. The Morgan fingerprint density at radius 3 is 2.52 bits per heavy atom. The Morgan fingerprint density at radius 1 is 1.24 bits per heavy atom. The van der Waals surface area contributed by atoms with Gasteiger partial charge in [0.25, 0.3) is 0 Å². The third-order valence-corrected chi connectivity index (χ3v) is 5.10. The molecule has 6 nitrogen and oxygen atoms in total. The summed E-state index contributed by atoms with van der Waals surface area (Å²) in [4.78, 5) is 15.0. The number of carboxylic acids is 1. The van der Waals surface area contributed by atoms with E-state index in [1.165, 1.54) is 18.2 Å². The maximum Gasteiger partial charge on any atom is 0.348 e. The molecule has 0 aliphatic rings. The molecule has 1 heterocycles. The lowest BCUT2D eigenvalue weighted by atomic mass is 10.4. The van der Waals surface area contributed by atoms with Gasteiger partial charge in [-0.25, -0.2) is 18.2 Å². The number of nitrogens with two attached hydrogens (primary N) is 1. The highest BCUT2D eigenvalue weighted by molar-refractivity contribution is 7.92. The van der Waals surface area contributed by atoms with Crippen LogP contribution in [0.15, 0.2) is 51.7 Å². The highest BCUT2D eigenvalue weighted by atomic mass is 32.2. The summed E-state index contributed by atoms with van der Waals surface area (Å²) in [5.41, 5.74) is 5.80. The van der Waals surface area contributed by atoms with E-state index < -0.39 is 21.6 Å². The van der Waals surface area contributed by atoms with E-state index in [1.807, 2.05) is 0 Å². The first kappa shape index (κ1) is 15.2. The quantitative estimate of drug-likeness (QED) is 0.645. The molecule has 1 aromatic carbocycles. The molecule has 0 spiro atoms. The number of amidine groups is 1. The van der Waals surface area contributed by atoms with E-state index in [0.29, 0.717) is 0 Å². The zero-order valence-corrected chi connectivity index (χ0v) is 12.4. The minimum Gasteiger partial charge on any atom is -0.477 e. The van der Waals surface area contributed by atoms with E-state index in [9.17, 15) is 13.2 Å². The van der Waals surface area contributed by atoms with E-state index >= 15 is 0 Å². The van der Waals surface area contributed by atoms with Gasteiger partial charge >= 0.3 is 5.97 Å². The highest BCUT2D eigenvalue weighted by Crippen LogP contribution is 2.25. The molecule has 110 valence electrons. The number of sulfone groups is 1. The number of hydrogen-bond donors (Lipinski definition) is 2. The maximum absolute atomic E-state index is 12.1. The van der Waals surface area contributed by atoms with Gasteiger partial charge < -0.3 is 10.8 Å². The molecule has 0 bridgehead atoms. The molecule has 0 aliphatic heterocycles. The summed E-state index contributed by atoms with van der Waals surface area (Å²) < 4.78 is 24.2. The summed E-state index contributed by atoms with van der Waals surface area (Å²) in [5.74, 6) is -1.74. The summed E-state index contributed by atoms with van der Waals surface area (Å²) in [7, 11) is -3.60. The Morgan fingerprint density at radius 2 is 1.90 bits per heavy atom. The van der Waals surface area contributed by atoms with Gasteiger partial charge in [0.1, 0.15) is 16.5 Å². The molecule has 8 heteroatoms. The average Bonchev–Trinajstić information content (AvgIpc) is 2.87. The topological polar surface area (TPSA) is 110 Å². The van der Waals surface area contributed by atoms with Gasteiger partial charge in [0.2, 0.25) is 0 Å². The van der Waals surface area contributed by atoms with E-state index in [4.69, 9.17) is 10.8 Å². The number of carboxylic acid groups (broad SMARTS) is 1. The van der Waals surface area contributed by atoms with Crippen molar-refractivity contribution in [2.45, 2.75) is 4.90 Å². The lowest BCUT2D eigenvalue weighted by molar-refractivity contribution is 0.0703. The number of hydrogen-bond acceptors (Lipinski definition) is 5. The van der Waals surface area contributed by atoms with Crippen LogP contribution in [-0.2, 0) is 9.84 Å². The predicted octanol–water partition coefficient (Wildman–Crippen LogP) is 1.91. The molecule has 3 N–H and O–H groups in total. The van der Waals surface area contributed by atoms with Crippen LogP contribution in [-0.4, -0.2) is 31.1 Å². The van der Waals surface area contributed by atoms with Gasteiger partial charge in [-0.2, -0.15) is 0 Å². The van der Waals surface area contributed by atoms with Crippen molar-refractivity contribution in [2.24, 2.45) is 10.7 Å². The summed E-state index contributed by atoms with van der Waals surface area (Å²) in [6.07, 6.45) is 0. The molecule has 2 rings (SSSR count). The molecule has 0 aliphatic carbocycles. The molecule has 1 aromatic heterocycles. The number of rotatable bonds is 5. The van der Waals surface area contributed by atoms with Crippen molar-refractivity contribution in [3.05, 3.63) is 46.7 Å². The number of thiophene rings is 1. The van der Waals surface area contributed by atoms with Crippen LogP contribution in [0.5, 0.6) is 0 Å². The van der Waals surface area contributed by atoms with Crippen molar-refractivity contribution < 1.29 is 18.3 Å².